The molecule has 0 unspecified atom stereocenters. The van der Waals surface area contributed by atoms with Gasteiger partial charge in [0.1, 0.15) is 17.8 Å². The van der Waals surface area contributed by atoms with Crippen LogP contribution in [0.1, 0.15) is 35.0 Å². The van der Waals surface area contributed by atoms with E-state index in [1.54, 1.807) is 28.8 Å². The summed E-state index contributed by atoms with van der Waals surface area (Å²) in [5, 5.41) is 5.85. The number of nitrogens with zero attached hydrogens (tertiary/aromatic N) is 2. The van der Waals surface area contributed by atoms with Gasteiger partial charge in [0.2, 0.25) is 11.3 Å². The fourth-order valence-electron chi connectivity index (χ4n) is 2.95. The van der Waals surface area contributed by atoms with Crippen molar-refractivity contribution < 1.29 is 9.59 Å². The molecule has 0 atom stereocenters. The van der Waals surface area contributed by atoms with E-state index in [1.807, 2.05) is 32.9 Å². The third-order valence-electron chi connectivity index (χ3n) is 4.50. The first-order chi connectivity index (χ1) is 13.9. The number of pyridine rings is 2. The van der Waals surface area contributed by atoms with Crippen molar-refractivity contribution in [2.24, 2.45) is 0 Å². The number of aromatic nitrogens is 2. The van der Waals surface area contributed by atoms with E-state index in [2.05, 4.69) is 15.6 Å². The Bertz CT molecular complexity index is 1120. The SMILES string of the molecule is CCCNC(=O)Cn1cc(C(=O)Nc2ccc(C)cc2)c(=O)c2ccc(C)nc21. The van der Waals surface area contributed by atoms with Gasteiger partial charge in [-0.05, 0) is 44.5 Å². The van der Waals surface area contributed by atoms with Gasteiger partial charge in [-0.1, -0.05) is 24.6 Å². The Labute approximate surface area is 168 Å². The summed E-state index contributed by atoms with van der Waals surface area (Å²) in [4.78, 5) is 42.4. The van der Waals surface area contributed by atoms with Crippen molar-refractivity contribution in [3.05, 3.63) is 69.6 Å². The highest BCUT2D eigenvalue weighted by atomic mass is 16.2. The molecule has 0 aliphatic rings. The van der Waals surface area contributed by atoms with Crippen molar-refractivity contribution >= 4 is 28.5 Å². The number of hydrogen-bond donors (Lipinski definition) is 2. The Morgan fingerprint density at radius 3 is 2.48 bits per heavy atom. The predicted molar refractivity (Wildman–Crippen MR) is 113 cm³/mol. The fourth-order valence-corrected chi connectivity index (χ4v) is 2.95. The van der Waals surface area contributed by atoms with Crippen LogP contribution in [-0.4, -0.2) is 27.9 Å². The maximum absolute atomic E-state index is 12.9. The van der Waals surface area contributed by atoms with Crippen molar-refractivity contribution in [1.29, 1.82) is 0 Å². The Kier molecular flexibility index (Phi) is 6.07. The molecule has 2 aromatic heterocycles. The van der Waals surface area contributed by atoms with Gasteiger partial charge in [0.15, 0.2) is 0 Å². The molecule has 0 radical (unpaired) electrons. The maximum Gasteiger partial charge on any atom is 0.261 e. The minimum atomic E-state index is -0.524. The molecule has 1 aromatic carbocycles. The summed E-state index contributed by atoms with van der Waals surface area (Å²) in [6.07, 6.45) is 2.23. The monoisotopic (exact) mass is 392 g/mol. The van der Waals surface area contributed by atoms with E-state index in [4.69, 9.17) is 0 Å². The van der Waals surface area contributed by atoms with Gasteiger partial charge in [0.05, 0.1) is 5.39 Å². The molecule has 0 saturated carbocycles. The number of aryl methyl sites for hydroxylation is 2. The Hall–Kier alpha value is -3.48. The third kappa shape index (κ3) is 4.68. The number of anilines is 1. The van der Waals surface area contributed by atoms with E-state index < -0.39 is 11.3 Å². The number of rotatable bonds is 6. The normalized spacial score (nSPS) is 10.7. The molecule has 0 aliphatic carbocycles. The van der Waals surface area contributed by atoms with Gasteiger partial charge in [0.25, 0.3) is 5.91 Å². The Balaban J connectivity index is 2.02. The van der Waals surface area contributed by atoms with Crippen LogP contribution in [0.2, 0.25) is 0 Å². The van der Waals surface area contributed by atoms with E-state index in [0.29, 0.717) is 23.3 Å². The first-order valence-corrected chi connectivity index (χ1v) is 9.54. The molecule has 0 aliphatic heterocycles. The topological polar surface area (TPSA) is 93.1 Å². The van der Waals surface area contributed by atoms with Gasteiger partial charge in [-0.25, -0.2) is 4.98 Å². The molecule has 7 heteroatoms. The van der Waals surface area contributed by atoms with Gasteiger partial charge in [-0.3, -0.25) is 14.4 Å². The van der Waals surface area contributed by atoms with E-state index in [0.717, 1.165) is 17.7 Å². The molecular formula is C22H24N4O3. The molecule has 150 valence electrons. The second-order valence-electron chi connectivity index (χ2n) is 6.99. The second kappa shape index (κ2) is 8.68. The van der Waals surface area contributed by atoms with Crippen LogP contribution in [0, 0.1) is 13.8 Å². The summed E-state index contributed by atoms with van der Waals surface area (Å²) in [5.41, 5.74) is 2.31. The average molecular weight is 392 g/mol. The zero-order chi connectivity index (χ0) is 21.0. The quantitative estimate of drug-likeness (QED) is 0.675. The van der Waals surface area contributed by atoms with Gasteiger partial charge in [-0.15, -0.1) is 0 Å². The van der Waals surface area contributed by atoms with Crippen LogP contribution in [0.3, 0.4) is 0 Å². The van der Waals surface area contributed by atoms with Gasteiger partial charge in [-0.2, -0.15) is 0 Å². The zero-order valence-electron chi connectivity index (χ0n) is 16.8. The number of carbonyl (C=O) groups excluding carboxylic acids is 2. The van der Waals surface area contributed by atoms with Crippen LogP contribution in [0.5, 0.6) is 0 Å². The molecule has 0 bridgehead atoms. The van der Waals surface area contributed by atoms with E-state index in [9.17, 15) is 14.4 Å². The highest BCUT2D eigenvalue weighted by Gasteiger charge is 2.18. The summed E-state index contributed by atoms with van der Waals surface area (Å²) in [5.74, 6) is -0.728. The number of hydrogen-bond acceptors (Lipinski definition) is 4. The molecule has 2 N–H and O–H groups in total. The predicted octanol–water partition coefficient (Wildman–Crippen LogP) is 2.79. The first-order valence-electron chi connectivity index (χ1n) is 9.54. The van der Waals surface area contributed by atoms with Crippen LogP contribution in [0.4, 0.5) is 5.69 Å². The number of benzene rings is 1. The fraction of sp³-hybridized carbons (Fsp3) is 0.273. The lowest BCUT2D eigenvalue weighted by atomic mass is 10.1. The van der Waals surface area contributed by atoms with Crippen molar-refractivity contribution in [3.8, 4) is 0 Å². The van der Waals surface area contributed by atoms with Crippen LogP contribution in [-0.2, 0) is 11.3 Å². The van der Waals surface area contributed by atoms with Gasteiger partial charge in [0, 0.05) is 24.1 Å². The Morgan fingerprint density at radius 2 is 1.79 bits per heavy atom. The number of fused-ring (bicyclic) bond motifs is 1. The minimum Gasteiger partial charge on any atom is -0.355 e. The molecule has 3 aromatic rings. The zero-order valence-corrected chi connectivity index (χ0v) is 16.8. The average Bonchev–Trinajstić information content (AvgIpc) is 2.70. The van der Waals surface area contributed by atoms with Crippen molar-refractivity contribution in [2.45, 2.75) is 33.7 Å². The van der Waals surface area contributed by atoms with Crippen LogP contribution in [0.25, 0.3) is 11.0 Å². The smallest absolute Gasteiger partial charge is 0.261 e. The van der Waals surface area contributed by atoms with Crippen LogP contribution >= 0.6 is 0 Å². The lowest BCUT2D eigenvalue weighted by Crippen LogP contribution is -2.30. The highest BCUT2D eigenvalue weighted by Crippen LogP contribution is 2.14. The standard InChI is InChI=1S/C22H24N4O3/c1-4-11-23-19(27)13-26-12-18(20(28)17-10-7-15(3)24-21(17)26)22(29)25-16-8-5-14(2)6-9-16/h5-10,12H,4,11,13H2,1-3H3,(H,23,27)(H,25,29). The lowest BCUT2D eigenvalue weighted by molar-refractivity contribution is -0.121. The number of carbonyl (C=O) groups is 2. The summed E-state index contributed by atoms with van der Waals surface area (Å²) in [7, 11) is 0. The first kappa shape index (κ1) is 20.3. The number of amides is 2. The summed E-state index contributed by atoms with van der Waals surface area (Å²) < 4.78 is 1.55. The molecule has 7 nitrogen and oxygen atoms in total. The summed E-state index contributed by atoms with van der Waals surface area (Å²) in [6.45, 7) is 6.26. The van der Waals surface area contributed by atoms with Gasteiger partial charge < -0.3 is 15.2 Å². The summed E-state index contributed by atoms with van der Waals surface area (Å²) >= 11 is 0. The lowest BCUT2D eigenvalue weighted by Gasteiger charge is -2.13. The van der Waals surface area contributed by atoms with Crippen molar-refractivity contribution in [1.82, 2.24) is 14.9 Å². The van der Waals surface area contributed by atoms with Crippen LogP contribution in [0.15, 0.2) is 47.4 Å². The van der Waals surface area contributed by atoms with E-state index in [1.165, 1.54) is 6.20 Å². The van der Waals surface area contributed by atoms with E-state index in [-0.39, 0.29) is 18.0 Å². The molecule has 0 saturated heterocycles. The minimum absolute atomic E-state index is 0.0297. The largest absolute Gasteiger partial charge is 0.355 e. The number of nitrogens with one attached hydrogen (secondary N) is 2. The third-order valence-corrected chi connectivity index (χ3v) is 4.50. The van der Waals surface area contributed by atoms with Crippen molar-refractivity contribution in [3.63, 3.8) is 0 Å². The second-order valence-corrected chi connectivity index (χ2v) is 6.99. The van der Waals surface area contributed by atoms with Crippen LogP contribution < -0.4 is 16.1 Å². The molecule has 2 heterocycles. The molecule has 2 amide bonds. The Morgan fingerprint density at radius 1 is 1.07 bits per heavy atom. The van der Waals surface area contributed by atoms with Gasteiger partial charge >= 0.3 is 0 Å². The molecule has 29 heavy (non-hydrogen) atoms. The molecule has 0 spiro atoms. The van der Waals surface area contributed by atoms with Crippen molar-refractivity contribution in [2.75, 3.05) is 11.9 Å². The molecule has 3 rings (SSSR count). The highest BCUT2D eigenvalue weighted by molar-refractivity contribution is 6.05. The maximum atomic E-state index is 12.9. The molecular weight excluding hydrogens is 368 g/mol. The summed E-state index contributed by atoms with van der Waals surface area (Å²) in [6, 6.07) is 10.7. The van der Waals surface area contributed by atoms with E-state index >= 15 is 0 Å². The molecule has 0 fully saturated rings.